The summed E-state index contributed by atoms with van der Waals surface area (Å²) in [6.07, 6.45) is 4.36. The second-order valence-corrected chi connectivity index (χ2v) is 9.52. The Morgan fingerprint density at radius 1 is 1.14 bits per heavy atom. The molecule has 2 saturated heterocycles. The van der Waals surface area contributed by atoms with Gasteiger partial charge in [0.05, 0.1) is 5.60 Å². The Morgan fingerprint density at radius 3 is 2.45 bits per heavy atom. The summed E-state index contributed by atoms with van der Waals surface area (Å²) in [5.74, 6) is 0.591. The Bertz CT molecular complexity index is 678. The minimum Gasteiger partial charge on any atom is -0.445 e. The van der Waals surface area contributed by atoms with Gasteiger partial charge >= 0.3 is 6.09 Å². The predicted molar refractivity (Wildman–Crippen MR) is 110 cm³/mol. The average molecular weight is 403 g/mol. The molecule has 1 saturated carbocycles. The number of likely N-dealkylation sites (tertiary alicyclic amines) is 1. The van der Waals surface area contributed by atoms with Gasteiger partial charge in [-0.05, 0) is 57.9 Å². The summed E-state index contributed by atoms with van der Waals surface area (Å²) in [6.45, 7) is 9.11. The first-order valence-corrected chi connectivity index (χ1v) is 10.9. The van der Waals surface area contributed by atoms with Crippen LogP contribution in [-0.2, 0) is 20.8 Å². The molecule has 2 atom stereocenters. The number of carbonyl (C=O) groups excluding carboxylic acids is 1. The Kier molecular flexibility index (Phi) is 6.13. The Balaban J connectivity index is 1.20. The normalized spacial score (nSPS) is 25.3. The van der Waals surface area contributed by atoms with E-state index in [0.717, 1.165) is 38.0 Å². The van der Waals surface area contributed by atoms with E-state index in [1.807, 2.05) is 35.2 Å². The van der Waals surface area contributed by atoms with E-state index in [4.69, 9.17) is 14.2 Å². The molecule has 0 N–H and O–H groups in total. The fraction of sp³-hybridized carbons (Fsp3) is 0.696. The molecule has 0 radical (unpaired) electrons. The van der Waals surface area contributed by atoms with Gasteiger partial charge in [-0.3, -0.25) is 4.90 Å². The lowest BCUT2D eigenvalue weighted by atomic mass is 9.96. The zero-order valence-corrected chi connectivity index (χ0v) is 17.9. The largest absolute Gasteiger partial charge is 0.445 e. The van der Waals surface area contributed by atoms with E-state index in [-0.39, 0.29) is 24.2 Å². The maximum Gasteiger partial charge on any atom is 0.410 e. The molecule has 29 heavy (non-hydrogen) atoms. The number of hydrogen-bond donors (Lipinski definition) is 0. The van der Waals surface area contributed by atoms with Crippen LogP contribution >= 0.6 is 0 Å². The number of rotatable bonds is 7. The van der Waals surface area contributed by atoms with Crippen LogP contribution in [0.25, 0.3) is 0 Å². The van der Waals surface area contributed by atoms with E-state index in [0.29, 0.717) is 18.6 Å². The molecule has 2 aliphatic heterocycles. The van der Waals surface area contributed by atoms with E-state index in [9.17, 15) is 4.79 Å². The summed E-state index contributed by atoms with van der Waals surface area (Å²) in [7, 11) is 0. The Morgan fingerprint density at radius 2 is 1.83 bits per heavy atom. The van der Waals surface area contributed by atoms with Crippen molar-refractivity contribution < 1.29 is 19.0 Å². The quantitative estimate of drug-likeness (QED) is 0.646. The van der Waals surface area contributed by atoms with Gasteiger partial charge in [-0.25, -0.2) is 4.79 Å². The summed E-state index contributed by atoms with van der Waals surface area (Å²) in [5, 5.41) is 0. The highest BCUT2D eigenvalue weighted by Gasteiger charge is 2.51. The second kappa shape index (κ2) is 8.62. The number of epoxide rings is 1. The third-order valence-corrected chi connectivity index (χ3v) is 5.79. The monoisotopic (exact) mass is 402 g/mol. The van der Waals surface area contributed by atoms with Gasteiger partial charge in [0.1, 0.15) is 6.61 Å². The molecule has 1 aromatic carbocycles. The molecule has 3 aliphatic rings. The molecule has 160 valence electrons. The lowest BCUT2D eigenvalue weighted by Gasteiger charge is -2.34. The van der Waals surface area contributed by atoms with Crippen molar-refractivity contribution in [2.75, 3.05) is 19.6 Å². The highest BCUT2D eigenvalue weighted by Crippen LogP contribution is 2.39. The zero-order chi connectivity index (χ0) is 20.4. The van der Waals surface area contributed by atoms with Crippen LogP contribution in [0, 0.1) is 5.92 Å². The van der Waals surface area contributed by atoms with Crippen molar-refractivity contribution >= 4 is 6.09 Å². The molecule has 1 aliphatic carbocycles. The number of amides is 1. The van der Waals surface area contributed by atoms with E-state index >= 15 is 0 Å². The summed E-state index contributed by atoms with van der Waals surface area (Å²) in [5.41, 5.74) is 0.840. The SMILES string of the molecule is CC(C)(C)OC1OC1N(CC1CCN(C(=O)OCc2ccccc2)CC1)C1CC1. The van der Waals surface area contributed by atoms with Gasteiger partial charge in [0, 0.05) is 25.7 Å². The fourth-order valence-corrected chi connectivity index (χ4v) is 4.03. The van der Waals surface area contributed by atoms with E-state index in [1.54, 1.807) is 0 Å². The molecule has 0 spiro atoms. The van der Waals surface area contributed by atoms with Crippen LogP contribution in [0.15, 0.2) is 30.3 Å². The smallest absolute Gasteiger partial charge is 0.410 e. The van der Waals surface area contributed by atoms with Crippen LogP contribution in [0.4, 0.5) is 4.79 Å². The molecule has 3 fully saturated rings. The molecule has 6 nitrogen and oxygen atoms in total. The van der Waals surface area contributed by atoms with Crippen LogP contribution in [0.5, 0.6) is 0 Å². The molecule has 6 heteroatoms. The molecule has 2 heterocycles. The van der Waals surface area contributed by atoms with Crippen molar-refractivity contribution in [1.82, 2.24) is 9.80 Å². The summed E-state index contributed by atoms with van der Waals surface area (Å²) in [6, 6.07) is 10.5. The molecule has 0 aromatic heterocycles. The van der Waals surface area contributed by atoms with Crippen LogP contribution < -0.4 is 0 Å². The first-order chi connectivity index (χ1) is 13.9. The van der Waals surface area contributed by atoms with E-state index < -0.39 is 0 Å². The van der Waals surface area contributed by atoms with Crippen LogP contribution in [0.2, 0.25) is 0 Å². The van der Waals surface area contributed by atoms with Crippen molar-refractivity contribution in [3.05, 3.63) is 35.9 Å². The predicted octanol–water partition coefficient (Wildman–Crippen LogP) is 4.00. The third kappa shape index (κ3) is 5.93. The molecule has 1 aromatic rings. The number of ether oxygens (including phenoxy) is 3. The summed E-state index contributed by atoms with van der Waals surface area (Å²) < 4.78 is 17.3. The highest BCUT2D eigenvalue weighted by atomic mass is 16.8. The average Bonchev–Trinajstić information content (AvgIpc) is 3.61. The zero-order valence-electron chi connectivity index (χ0n) is 17.9. The molecule has 2 unspecified atom stereocenters. The first-order valence-electron chi connectivity index (χ1n) is 10.9. The van der Waals surface area contributed by atoms with Crippen molar-refractivity contribution in [2.45, 2.75) is 77.2 Å². The highest BCUT2D eigenvalue weighted by molar-refractivity contribution is 5.67. The van der Waals surface area contributed by atoms with Gasteiger partial charge in [-0.1, -0.05) is 30.3 Å². The van der Waals surface area contributed by atoms with Gasteiger partial charge in [0.2, 0.25) is 0 Å². The van der Waals surface area contributed by atoms with Gasteiger partial charge in [-0.2, -0.15) is 0 Å². The maximum absolute atomic E-state index is 12.4. The first kappa shape index (κ1) is 20.6. The lowest BCUT2D eigenvalue weighted by Crippen LogP contribution is -2.43. The van der Waals surface area contributed by atoms with Crippen LogP contribution in [-0.4, -0.2) is 59.7 Å². The lowest BCUT2D eigenvalue weighted by molar-refractivity contribution is -0.0579. The van der Waals surface area contributed by atoms with Crippen molar-refractivity contribution in [3.63, 3.8) is 0 Å². The van der Waals surface area contributed by atoms with Crippen LogP contribution in [0.3, 0.4) is 0 Å². The van der Waals surface area contributed by atoms with E-state index in [1.165, 1.54) is 12.8 Å². The minimum atomic E-state index is -0.199. The standard InChI is InChI=1S/C23H34N2O4/c1-23(2,3)29-21-20(28-21)25(19-9-10-19)15-17-11-13-24(14-12-17)22(26)27-16-18-7-5-4-6-8-18/h4-8,17,19-21H,9-16H2,1-3H3. The van der Waals surface area contributed by atoms with Crippen LogP contribution in [0.1, 0.15) is 52.0 Å². The van der Waals surface area contributed by atoms with E-state index in [2.05, 4.69) is 25.7 Å². The molecular formula is C23H34N2O4. The number of carbonyl (C=O) groups is 1. The Labute approximate surface area is 174 Å². The maximum atomic E-state index is 12.4. The molecular weight excluding hydrogens is 368 g/mol. The number of benzene rings is 1. The van der Waals surface area contributed by atoms with Gasteiger partial charge in [0.25, 0.3) is 0 Å². The van der Waals surface area contributed by atoms with Crippen molar-refractivity contribution in [3.8, 4) is 0 Å². The van der Waals surface area contributed by atoms with Crippen molar-refractivity contribution in [1.29, 1.82) is 0 Å². The number of hydrogen-bond acceptors (Lipinski definition) is 5. The molecule has 0 bridgehead atoms. The number of piperidine rings is 1. The minimum absolute atomic E-state index is 0.0938. The van der Waals surface area contributed by atoms with Gasteiger partial charge < -0.3 is 19.1 Å². The van der Waals surface area contributed by atoms with Gasteiger partial charge in [0.15, 0.2) is 12.5 Å². The van der Waals surface area contributed by atoms with Crippen molar-refractivity contribution in [2.24, 2.45) is 5.92 Å². The second-order valence-electron chi connectivity index (χ2n) is 9.52. The summed E-state index contributed by atoms with van der Waals surface area (Å²) in [4.78, 5) is 16.7. The summed E-state index contributed by atoms with van der Waals surface area (Å²) >= 11 is 0. The fourth-order valence-electron chi connectivity index (χ4n) is 4.03. The molecule has 1 amide bonds. The topological polar surface area (TPSA) is 54.5 Å². The molecule has 4 rings (SSSR count). The number of nitrogens with zero attached hydrogens (tertiary/aromatic N) is 2. The Hall–Kier alpha value is -1.63. The van der Waals surface area contributed by atoms with Gasteiger partial charge in [-0.15, -0.1) is 0 Å². The third-order valence-electron chi connectivity index (χ3n) is 5.79.